The van der Waals surface area contributed by atoms with E-state index in [2.05, 4.69) is 0 Å². The lowest BCUT2D eigenvalue weighted by Crippen LogP contribution is -2.42. The summed E-state index contributed by atoms with van der Waals surface area (Å²) < 4.78 is 27.9. The van der Waals surface area contributed by atoms with E-state index in [-0.39, 0.29) is 5.54 Å². The number of hydrogen-bond donors (Lipinski definition) is 1. The zero-order chi connectivity index (χ0) is 15.8. The maximum absolute atomic E-state index is 13.1. The van der Waals surface area contributed by atoms with E-state index in [1.807, 2.05) is 33.8 Å². The highest BCUT2D eigenvalue weighted by atomic mass is 32.2. The molecule has 0 bridgehead atoms. The van der Waals surface area contributed by atoms with Crippen molar-refractivity contribution in [3.63, 3.8) is 0 Å². The van der Waals surface area contributed by atoms with Gasteiger partial charge in [-0.25, -0.2) is 8.42 Å². The summed E-state index contributed by atoms with van der Waals surface area (Å²) in [5, 5.41) is 0. The molecule has 0 unspecified atom stereocenters. The van der Waals surface area contributed by atoms with Gasteiger partial charge in [0.05, 0.1) is 4.90 Å². The largest absolute Gasteiger partial charge is 0.398 e. The Bertz CT molecular complexity index is 636. The van der Waals surface area contributed by atoms with Crippen LogP contribution in [0, 0.1) is 0 Å². The quantitative estimate of drug-likeness (QED) is 0.870. The number of anilines is 1. The number of nitrogens with zero attached hydrogens (tertiary/aromatic N) is 1. The third-order valence-electron chi connectivity index (χ3n) is 4.46. The standard InChI is InChI=1S/C16H26N2O2S/c1-5-12-10-14(17)13(6-2)15(11-12)21(19,20)18-9-7-8-16(18,3)4/h10-11H,5-9,17H2,1-4H3. The van der Waals surface area contributed by atoms with Crippen molar-refractivity contribution in [3.05, 3.63) is 23.3 Å². The monoisotopic (exact) mass is 310 g/mol. The fourth-order valence-corrected chi connectivity index (χ4v) is 5.41. The molecule has 118 valence electrons. The highest BCUT2D eigenvalue weighted by Gasteiger charge is 2.41. The van der Waals surface area contributed by atoms with Crippen LogP contribution in [0.5, 0.6) is 0 Å². The summed E-state index contributed by atoms with van der Waals surface area (Å²) in [7, 11) is -3.49. The molecule has 1 aliphatic rings. The molecular weight excluding hydrogens is 284 g/mol. The van der Waals surface area contributed by atoms with Crippen molar-refractivity contribution < 1.29 is 8.42 Å². The molecule has 1 saturated heterocycles. The van der Waals surface area contributed by atoms with Crippen molar-refractivity contribution in [2.45, 2.75) is 63.8 Å². The molecule has 2 rings (SSSR count). The molecule has 2 N–H and O–H groups in total. The van der Waals surface area contributed by atoms with E-state index in [1.54, 1.807) is 10.4 Å². The van der Waals surface area contributed by atoms with Crippen LogP contribution in [0.15, 0.2) is 17.0 Å². The first-order chi connectivity index (χ1) is 9.74. The summed E-state index contributed by atoms with van der Waals surface area (Å²) in [5.74, 6) is 0. The number of benzene rings is 1. The van der Waals surface area contributed by atoms with Crippen molar-refractivity contribution in [1.29, 1.82) is 0 Å². The second-order valence-corrected chi connectivity index (χ2v) is 8.19. The molecule has 1 aromatic carbocycles. The molecule has 1 aromatic rings. The lowest BCUT2D eigenvalue weighted by atomic mass is 10.0. The Labute approximate surface area is 128 Å². The second-order valence-electron chi connectivity index (χ2n) is 6.36. The first-order valence-corrected chi connectivity index (χ1v) is 9.12. The maximum Gasteiger partial charge on any atom is 0.243 e. The molecule has 1 aliphatic heterocycles. The van der Waals surface area contributed by atoms with Crippen molar-refractivity contribution in [1.82, 2.24) is 4.31 Å². The van der Waals surface area contributed by atoms with Gasteiger partial charge >= 0.3 is 0 Å². The summed E-state index contributed by atoms with van der Waals surface area (Å²) in [6.07, 6.45) is 3.21. The number of nitrogen functional groups attached to an aromatic ring is 1. The van der Waals surface area contributed by atoms with Crippen LogP contribution in [-0.4, -0.2) is 24.8 Å². The van der Waals surface area contributed by atoms with E-state index in [1.165, 1.54) is 0 Å². The number of aryl methyl sites for hydroxylation is 1. The van der Waals surface area contributed by atoms with Gasteiger partial charge in [0.25, 0.3) is 0 Å². The summed E-state index contributed by atoms with van der Waals surface area (Å²) in [6.45, 7) is 8.54. The lowest BCUT2D eigenvalue weighted by molar-refractivity contribution is 0.291. The molecule has 0 saturated carbocycles. The summed E-state index contributed by atoms with van der Waals surface area (Å²) in [6, 6.07) is 3.70. The van der Waals surface area contributed by atoms with Gasteiger partial charge in [0.1, 0.15) is 0 Å². The normalized spacial score (nSPS) is 19.0. The van der Waals surface area contributed by atoms with Crippen LogP contribution >= 0.6 is 0 Å². The van der Waals surface area contributed by atoms with Crippen LogP contribution in [0.4, 0.5) is 5.69 Å². The Morgan fingerprint density at radius 3 is 2.38 bits per heavy atom. The Hall–Kier alpha value is -1.07. The van der Waals surface area contributed by atoms with Crippen LogP contribution in [0.2, 0.25) is 0 Å². The Morgan fingerprint density at radius 2 is 1.90 bits per heavy atom. The van der Waals surface area contributed by atoms with Crippen LogP contribution < -0.4 is 5.73 Å². The molecule has 0 spiro atoms. The number of sulfonamides is 1. The van der Waals surface area contributed by atoms with Gasteiger partial charge in [-0.2, -0.15) is 4.31 Å². The minimum absolute atomic E-state index is 0.319. The van der Waals surface area contributed by atoms with Crippen LogP contribution in [0.1, 0.15) is 51.7 Å². The molecule has 21 heavy (non-hydrogen) atoms. The molecule has 1 fully saturated rings. The first kappa shape index (κ1) is 16.3. The molecule has 0 aromatic heterocycles. The number of nitrogens with two attached hydrogens (primary N) is 1. The van der Waals surface area contributed by atoms with Gasteiger partial charge in [0.2, 0.25) is 10.0 Å². The zero-order valence-corrected chi connectivity index (χ0v) is 14.3. The van der Waals surface area contributed by atoms with Crippen molar-refractivity contribution >= 4 is 15.7 Å². The highest BCUT2D eigenvalue weighted by molar-refractivity contribution is 7.89. The van der Waals surface area contributed by atoms with Gasteiger partial charge in [-0.05, 0) is 62.8 Å². The minimum atomic E-state index is -3.49. The Kier molecular flexibility index (Phi) is 4.36. The van der Waals surface area contributed by atoms with Gasteiger partial charge < -0.3 is 5.73 Å². The predicted octanol–water partition coefficient (Wildman–Crippen LogP) is 2.96. The summed E-state index contributed by atoms with van der Waals surface area (Å²) in [4.78, 5) is 0.400. The fraction of sp³-hybridized carbons (Fsp3) is 0.625. The Balaban J connectivity index is 2.61. The molecule has 0 aliphatic carbocycles. The van der Waals surface area contributed by atoms with Crippen LogP contribution in [-0.2, 0) is 22.9 Å². The zero-order valence-electron chi connectivity index (χ0n) is 13.4. The van der Waals surface area contributed by atoms with Crippen LogP contribution in [0.3, 0.4) is 0 Å². The summed E-state index contributed by atoms with van der Waals surface area (Å²) in [5.41, 5.74) is 8.08. The maximum atomic E-state index is 13.1. The van der Waals surface area contributed by atoms with E-state index in [9.17, 15) is 8.42 Å². The van der Waals surface area contributed by atoms with E-state index >= 15 is 0 Å². The average Bonchev–Trinajstić information content (AvgIpc) is 2.78. The van der Waals surface area contributed by atoms with Gasteiger partial charge in [-0.3, -0.25) is 0 Å². The second kappa shape index (κ2) is 5.61. The molecule has 4 nitrogen and oxygen atoms in total. The van der Waals surface area contributed by atoms with Crippen molar-refractivity contribution in [2.24, 2.45) is 0 Å². The van der Waals surface area contributed by atoms with Crippen molar-refractivity contribution in [3.8, 4) is 0 Å². The SMILES string of the molecule is CCc1cc(N)c(CC)c(S(=O)(=O)N2CCCC2(C)C)c1. The number of hydrogen-bond acceptors (Lipinski definition) is 3. The van der Waals surface area contributed by atoms with Crippen LogP contribution in [0.25, 0.3) is 0 Å². The highest BCUT2D eigenvalue weighted by Crippen LogP contribution is 2.36. The fourth-order valence-electron chi connectivity index (χ4n) is 3.19. The molecule has 1 heterocycles. The molecule has 0 amide bonds. The summed E-state index contributed by atoms with van der Waals surface area (Å²) >= 11 is 0. The smallest absolute Gasteiger partial charge is 0.243 e. The Morgan fingerprint density at radius 1 is 1.24 bits per heavy atom. The molecule has 5 heteroatoms. The van der Waals surface area contributed by atoms with Gasteiger partial charge in [-0.15, -0.1) is 0 Å². The van der Waals surface area contributed by atoms with Gasteiger partial charge in [0, 0.05) is 17.8 Å². The van der Waals surface area contributed by atoms with E-state index in [0.29, 0.717) is 23.5 Å². The molecular formula is C16H26N2O2S. The van der Waals surface area contributed by atoms with E-state index < -0.39 is 10.0 Å². The van der Waals surface area contributed by atoms with E-state index in [4.69, 9.17) is 5.73 Å². The third-order valence-corrected chi connectivity index (χ3v) is 6.64. The minimum Gasteiger partial charge on any atom is -0.398 e. The first-order valence-electron chi connectivity index (χ1n) is 7.68. The average molecular weight is 310 g/mol. The predicted molar refractivity (Wildman–Crippen MR) is 86.8 cm³/mol. The topological polar surface area (TPSA) is 63.4 Å². The van der Waals surface area contributed by atoms with Gasteiger partial charge in [-0.1, -0.05) is 13.8 Å². The number of rotatable bonds is 4. The van der Waals surface area contributed by atoms with Crippen molar-refractivity contribution in [2.75, 3.05) is 12.3 Å². The third kappa shape index (κ3) is 2.81. The molecule has 0 radical (unpaired) electrons. The van der Waals surface area contributed by atoms with Gasteiger partial charge in [0.15, 0.2) is 0 Å². The molecule has 0 atom stereocenters. The van der Waals surface area contributed by atoms with E-state index in [0.717, 1.165) is 30.4 Å². The lowest BCUT2D eigenvalue weighted by Gasteiger charge is -2.31.